The zero-order chi connectivity index (χ0) is 17.2. The van der Waals surface area contributed by atoms with Crippen LogP contribution in [0, 0.1) is 0 Å². The van der Waals surface area contributed by atoms with Gasteiger partial charge in [-0.25, -0.2) is 4.79 Å². The lowest BCUT2D eigenvalue weighted by molar-refractivity contribution is -0.294. The van der Waals surface area contributed by atoms with Gasteiger partial charge in [0.1, 0.15) is 31.0 Å². The van der Waals surface area contributed by atoms with Crippen molar-refractivity contribution >= 4 is 6.09 Å². The number of alkyl carbamates (subject to hydrolysis) is 1. The van der Waals surface area contributed by atoms with Crippen LogP contribution in [0.1, 0.15) is 39.0 Å². The summed E-state index contributed by atoms with van der Waals surface area (Å²) in [7, 11) is 1.31. The molecule has 1 amide bonds. The first kappa shape index (κ1) is 20.1. The van der Waals surface area contributed by atoms with E-state index in [2.05, 4.69) is 12.2 Å². The largest absolute Gasteiger partial charge is 0.447 e. The van der Waals surface area contributed by atoms with Gasteiger partial charge in [0.25, 0.3) is 0 Å². The Morgan fingerprint density at radius 3 is 2.43 bits per heavy atom. The average molecular weight is 335 g/mol. The summed E-state index contributed by atoms with van der Waals surface area (Å²) in [4.78, 5) is 11.6. The number of carbonyl (C=O) groups is 1. The predicted molar refractivity (Wildman–Crippen MR) is 81.8 cm³/mol. The fourth-order valence-electron chi connectivity index (χ4n) is 2.38. The van der Waals surface area contributed by atoms with Gasteiger partial charge in [-0.15, -0.1) is 0 Å². The average Bonchev–Trinajstić information content (AvgIpc) is 2.55. The number of carbonyl (C=O) groups excluding carboxylic acids is 1. The second-order valence-corrected chi connectivity index (χ2v) is 5.69. The first-order valence-corrected chi connectivity index (χ1v) is 8.14. The van der Waals surface area contributed by atoms with Gasteiger partial charge in [-0.1, -0.05) is 32.6 Å². The Morgan fingerprint density at radius 2 is 1.78 bits per heavy atom. The molecule has 1 rings (SSSR count). The van der Waals surface area contributed by atoms with E-state index in [1.54, 1.807) is 0 Å². The van der Waals surface area contributed by atoms with Crippen molar-refractivity contribution in [3.8, 4) is 0 Å². The molecule has 8 heteroatoms. The minimum atomic E-state index is -1.43. The van der Waals surface area contributed by atoms with Crippen LogP contribution in [-0.4, -0.2) is 72.4 Å². The molecule has 0 aromatic heterocycles. The smallest absolute Gasteiger partial charge is 0.407 e. The first-order chi connectivity index (χ1) is 11.0. The minimum absolute atomic E-state index is 0.244. The summed E-state index contributed by atoms with van der Waals surface area (Å²) in [5.41, 5.74) is 0. The number of hydrogen-bond donors (Lipinski definition) is 4. The topological polar surface area (TPSA) is 117 Å². The number of methoxy groups -OCH3 is 1. The van der Waals surface area contributed by atoms with Crippen LogP contribution >= 0.6 is 0 Å². The Morgan fingerprint density at radius 1 is 1.09 bits per heavy atom. The first-order valence-electron chi connectivity index (χ1n) is 8.14. The highest BCUT2D eigenvalue weighted by atomic mass is 16.7. The lowest BCUT2D eigenvalue weighted by atomic mass is 9.99. The van der Waals surface area contributed by atoms with Gasteiger partial charge in [0, 0.05) is 13.7 Å². The van der Waals surface area contributed by atoms with Crippen molar-refractivity contribution in [3.05, 3.63) is 0 Å². The summed E-state index contributed by atoms with van der Waals surface area (Å²) < 4.78 is 15.1. The third-order valence-electron chi connectivity index (χ3n) is 3.83. The molecule has 1 aliphatic heterocycles. The van der Waals surface area contributed by atoms with Gasteiger partial charge in [0.2, 0.25) is 0 Å². The maximum absolute atomic E-state index is 11.6. The second kappa shape index (κ2) is 10.8. The maximum atomic E-state index is 11.6. The Bertz CT molecular complexity index is 340. The zero-order valence-corrected chi connectivity index (χ0v) is 13.8. The molecule has 1 fully saturated rings. The number of aliphatic hydroxyl groups is 3. The van der Waals surface area contributed by atoms with Crippen molar-refractivity contribution in [2.45, 2.75) is 69.7 Å². The summed E-state index contributed by atoms with van der Waals surface area (Å²) >= 11 is 0. The number of aliphatic hydroxyl groups excluding tert-OH is 3. The Labute approximate surface area is 136 Å². The molecule has 0 aromatic carbocycles. The van der Waals surface area contributed by atoms with E-state index < -0.39 is 36.8 Å². The highest BCUT2D eigenvalue weighted by Crippen LogP contribution is 2.21. The summed E-state index contributed by atoms with van der Waals surface area (Å²) in [6.45, 7) is 2.42. The van der Waals surface area contributed by atoms with E-state index in [1.807, 2.05) is 0 Å². The lowest BCUT2D eigenvalue weighted by Crippen LogP contribution is -2.59. The Hall–Kier alpha value is -0.930. The van der Waals surface area contributed by atoms with Crippen LogP contribution in [0.15, 0.2) is 0 Å². The summed E-state index contributed by atoms with van der Waals surface area (Å²) in [5.74, 6) is 0. The van der Waals surface area contributed by atoms with Crippen LogP contribution in [0.2, 0.25) is 0 Å². The van der Waals surface area contributed by atoms with E-state index in [9.17, 15) is 20.1 Å². The van der Waals surface area contributed by atoms with Crippen LogP contribution < -0.4 is 5.32 Å². The van der Waals surface area contributed by atoms with Gasteiger partial charge in [-0.3, -0.25) is 0 Å². The quantitative estimate of drug-likeness (QED) is 0.443. The van der Waals surface area contributed by atoms with E-state index in [1.165, 1.54) is 20.0 Å². The highest BCUT2D eigenvalue weighted by Gasteiger charge is 2.44. The van der Waals surface area contributed by atoms with E-state index in [0.717, 1.165) is 19.3 Å². The molecule has 0 spiro atoms. The Kier molecular flexibility index (Phi) is 9.42. The second-order valence-electron chi connectivity index (χ2n) is 5.69. The summed E-state index contributed by atoms with van der Waals surface area (Å²) in [6.07, 6.45) is -1.35. The van der Waals surface area contributed by atoms with Crippen LogP contribution in [0.5, 0.6) is 0 Å². The number of amides is 1. The molecule has 0 aromatic rings. The molecule has 0 saturated carbocycles. The maximum Gasteiger partial charge on any atom is 0.407 e. The SMILES string of the molecule is CCCCCCCNC(=O)OC[C@H]1O[C@@H](OC)[C@H](O)[C@@H](O)[C@@H]1O. The van der Waals surface area contributed by atoms with E-state index in [0.29, 0.717) is 6.54 Å². The van der Waals surface area contributed by atoms with E-state index in [4.69, 9.17) is 14.2 Å². The fourth-order valence-corrected chi connectivity index (χ4v) is 2.38. The van der Waals surface area contributed by atoms with E-state index >= 15 is 0 Å². The monoisotopic (exact) mass is 335 g/mol. The normalized spacial score (nSPS) is 30.9. The molecule has 0 radical (unpaired) electrons. The van der Waals surface area contributed by atoms with Crippen molar-refractivity contribution in [2.24, 2.45) is 0 Å². The van der Waals surface area contributed by atoms with Gasteiger partial charge in [-0.2, -0.15) is 0 Å². The molecule has 23 heavy (non-hydrogen) atoms. The third-order valence-corrected chi connectivity index (χ3v) is 3.83. The predicted octanol–water partition coefficient (Wildman–Crippen LogP) is 0.137. The Balaban J connectivity index is 2.24. The van der Waals surface area contributed by atoms with Gasteiger partial charge < -0.3 is 34.8 Å². The molecule has 136 valence electrons. The van der Waals surface area contributed by atoms with Crippen molar-refractivity contribution in [2.75, 3.05) is 20.3 Å². The highest BCUT2D eigenvalue weighted by molar-refractivity contribution is 5.67. The van der Waals surface area contributed by atoms with Gasteiger partial charge in [-0.05, 0) is 6.42 Å². The molecular weight excluding hydrogens is 306 g/mol. The van der Waals surface area contributed by atoms with Crippen molar-refractivity contribution in [1.29, 1.82) is 0 Å². The molecule has 5 atom stereocenters. The van der Waals surface area contributed by atoms with Crippen LogP contribution in [-0.2, 0) is 14.2 Å². The molecule has 1 heterocycles. The van der Waals surface area contributed by atoms with Crippen molar-refractivity contribution in [1.82, 2.24) is 5.32 Å². The standard InChI is InChI=1S/C15H29NO7/c1-3-4-5-6-7-8-16-15(20)22-9-10-11(17)12(18)13(19)14(21-2)23-10/h10-14,17-19H,3-9H2,1-2H3,(H,16,20)/t10-,11-,12+,13-,14-/m1/s1. The molecule has 1 saturated heterocycles. The summed E-state index contributed by atoms with van der Waals surface area (Å²) in [6, 6.07) is 0. The summed E-state index contributed by atoms with van der Waals surface area (Å²) in [5, 5.41) is 31.8. The molecule has 0 bridgehead atoms. The van der Waals surface area contributed by atoms with Crippen molar-refractivity contribution < 1.29 is 34.3 Å². The molecule has 1 aliphatic rings. The van der Waals surface area contributed by atoms with Crippen molar-refractivity contribution in [3.63, 3.8) is 0 Å². The molecule has 4 N–H and O–H groups in total. The lowest BCUT2D eigenvalue weighted by Gasteiger charge is -2.39. The molecular formula is C15H29NO7. The molecule has 0 unspecified atom stereocenters. The van der Waals surface area contributed by atoms with Gasteiger partial charge >= 0.3 is 6.09 Å². The molecule has 0 aliphatic carbocycles. The number of unbranched alkanes of at least 4 members (excludes halogenated alkanes) is 4. The van der Waals surface area contributed by atoms with Gasteiger partial charge in [0.05, 0.1) is 0 Å². The van der Waals surface area contributed by atoms with Gasteiger partial charge in [0.15, 0.2) is 6.29 Å². The third kappa shape index (κ3) is 6.60. The fraction of sp³-hybridized carbons (Fsp3) is 0.933. The zero-order valence-electron chi connectivity index (χ0n) is 13.8. The minimum Gasteiger partial charge on any atom is -0.447 e. The van der Waals surface area contributed by atoms with Crippen LogP contribution in [0.4, 0.5) is 4.79 Å². The number of hydrogen-bond acceptors (Lipinski definition) is 7. The number of nitrogens with one attached hydrogen (secondary N) is 1. The number of rotatable bonds is 9. The van der Waals surface area contributed by atoms with Crippen LogP contribution in [0.3, 0.4) is 0 Å². The van der Waals surface area contributed by atoms with Crippen LogP contribution in [0.25, 0.3) is 0 Å². The number of ether oxygens (including phenoxy) is 3. The molecule has 8 nitrogen and oxygen atoms in total. The van der Waals surface area contributed by atoms with E-state index in [-0.39, 0.29) is 6.61 Å².